The van der Waals surface area contributed by atoms with Crippen LogP contribution in [-0.2, 0) is 0 Å². The van der Waals surface area contributed by atoms with Crippen LogP contribution < -0.4 is 4.90 Å². The first kappa shape index (κ1) is 17.9. The second kappa shape index (κ2) is 7.68. The molecule has 1 saturated heterocycles. The summed E-state index contributed by atoms with van der Waals surface area (Å²) in [7, 11) is 0. The molecular weight excluding hydrogens is 358 g/mol. The predicted molar refractivity (Wildman–Crippen MR) is 120 cm³/mol. The van der Waals surface area contributed by atoms with Crippen LogP contribution in [0.1, 0.15) is 11.1 Å². The SMILES string of the molecule is Cc1ccc2[nH]c3c(N4CCN(CC=Cc5ccccc5)CC4)ncnc3c2c1. The quantitative estimate of drug-likeness (QED) is 0.572. The summed E-state index contributed by atoms with van der Waals surface area (Å²) in [5.41, 5.74) is 5.68. The number of fused-ring (bicyclic) bond motifs is 3. The van der Waals surface area contributed by atoms with Gasteiger partial charge in [-0.05, 0) is 24.6 Å². The molecule has 1 fully saturated rings. The van der Waals surface area contributed by atoms with Gasteiger partial charge in [0, 0.05) is 43.6 Å². The van der Waals surface area contributed by atoms with E-state index in [-0.39, 0.29) is 0 Å². The average Bonchev–Trinajstić information content (AvgIpc) is 3.13. The molecule has 0 unspecified atom stereocenters. The van der Waals surface area contributed by atoms with Gasteiger partial charge in [0.05, 0.1) is 0 Å². The number of benzene rings is 2. The maximum absolute atomic E-state index is 4.63. The highest BCUT2D eigenvalue weighted by Crippen LogP contribution is 2.30. The van der Waals surface area contributed by atoms with Gasteiger partial charge in [0.1, 0.15) is 17.4 Å². The zero-order chi connectivity index (χ0) is 19.6. The number of nitrogens with zero attached hydrogens (tertiary/aromatic N) is 4. The van der Waals surface area contributed by atoms with E-state index < -0.39 is 0 Å². The summed E-state index contributed by atoms with van der Waals surface area (Å²) in [5, 5.41) is 1.17. The highest BCUT2D eigenvalue weighted by atomic mass is 15.3. The van der Waals surface area contributed by atoms with Crippen LogP contribution in [0.5, 0.6) is 0 Å². The van der Waals surface area contributed by atoms with E-state index in [0.717, 1.165) is 55.1 Å². The minimum absolute atomic E-state index is 0.972. The van der Waals surface area contributed by atoms with Gasteiger partial charge >= 0.3 is 0 Å². The van der Waals surface area contributed by atoms with Gasteiger partial charge < -0.3 is 9.88 Å². The van der Waals surface area contributed by atoms with Crippen LogP contribution in [0.4, 0.5) is 5.82 Å². The third-order valence-electron chi connectivity index (χ3n) is 5.66. The topological polar surface area (TPSA) is 48.1 Å². The van der Waals surface area contributed by atoms with Crippen LogP contribution in [-0.4, -0.2) is 52.6 Å². The van der Waals surface area contributed by atoms with Crippen molar-refractivity contribution >= 4 is 33.8 Å². The number of nitrogens with one attached hydrogen (secondary N) is 1. The first-order chi connectivity index (χ1) is 14.3. The molecule has 4 aromatic rings. The third-order valence-corrected chi connectivity index (χ3v) is 5.66. The Labute approximate surface area is 170 Å². The van der Waals surface area contributed by atoms with Gasteiger partial charge in [-0.2, -0.15) is 0 Å². The van der Waals surface area contributed by atoms with Crippen molar-refractivity contribution in [1.82, 2.24) is 19.9 Å². The van der Waals surface area contributed by atoms with Crippen molar-refractivity contribution in [2.24, 2.45) is 0 Å². The largest absolute Gasteiger partial charge is 0.352 e. The number of rotatable bonds is 4. The molecular formula is C24H25N5. The van der Waals surface area contributed by atoms with Crippen LogP contribution in [0.25, 0.3) is 28.0 Å². The van der Waals surface area contributed by atoms with Gasteiger partial charge in [-0.1, -0.05) is 54.1 Å². The fraction of sp³-hybridized carbons (Fsp3) is 0.250. The Bertz CT molecular complexity index is 1150. The Morgan fingerprint density at radius 3 is 2.66 bits per heavy atom. The van der Waals surface area contributed by atoms with E-state index in [1.165, 1.54) is 16.5 Å². The molecule has 0 atom stereocenters. The summed E-state index contributed by atoms with van der Waals surface area (Å²) in [4.78, 5) is 17.6. The lowest BCUT2D eigenvalue weighted by molar-refractivity contribution is 0.284. The molecule has 1 aliphatic rings. The average molecular weight is 383 g/mol. The van der Waals surface area contributed by atoms with Crippen molar-refractivity contribution in [1.29, 1.82) is 0 Å². The van der Waals surface area contributed by atoms with E-state index >= 15 is 0 Å². The highest BCUT2D eigenvalue weighted by Gasteiger charge is 2.21. The zero-order valence-corrected chi connectivity index (χ0v) is 16.7. The lowest BCUT2D eigenvalue weighted by Gasteiger charge is -2.34. The van der Waals surface area contributed by atoms with Crippen LogP contribution in [0.2, 0.25) is 0 Å². The van der Waals surface area contributed by atoms with Gasteiger partial charge in [-0.25, -0.2) is 9.97 Å². The molecule has 0 aliphatic carbocycles. The first-order valence-corrected chi connectivity index (χ1v) is 10.2. The normalized spacial score (nSPS) is 15.7. The van der Waals surface area contributed by atoms with Gasteiger partial charge in [0.2, 0.25) is 0 Å². The molecule has 0 bridgehead atoms. The number of aromatic nitrogens is 3. The second-order valence-corrected chi connectivity index (χ2v) is 7.70. The van der Waals surface area contributed by atoms with Crippen LogP contribution >= 0.6 is 0 Å². The first-order valence-electron chi connectivity index (χ1n) is 10.2. The van der Waals surface area contributed by atoms with Crippen molar-refractivity contribution < 1.29 is 0 Å². The fourth-order valence-electron chi connectivity index (χ4n) is 4.08. The number of anilines is 1. The van der Waals surface area contributed by atoms with Crippen molar-refractivity contribution in [3.8, 4) is 0 Å². The Morgan fingerprint density at radius 2 is 1.83 bits per heavy atom. The zero-order valence-electron chi connectivity index (χ0n) is 16.7. The van der Waals surface area contributed by atoms with Gasteiger partial charge in [0.15, 0.2) is 5.82 Å². The maximum Gasteiger partial charge on any atom is 0.156 e. The number of aromatic amines is 1. The van der Waals surface area contributed by atoms with Crippen molar-refractivity contribution in [3.05, 3.63) is 72.1 Å². The molecule has 0 spiro atoms. The van der Waals surface area contributed by atoms with Gasteiger partial charge in [0.25, 0.3) is 0 Å². The van der Waals surface area contributed by atoms with E-state index in [1.54, 1.807) is 6.33 Å². The Hall–Kier alpha value is -3.18. The smallest absolute Gasteiger partial charge is 0.156 e. The molecule has 5 rings (SSSR count). The van der Waals surface area contributed by atoms with Crippen molar-refractivity contribution in [2.45, 2.75) is 6.92 Å². The molecule has 2 aromatic carbocycles. The summed E-state index contributed by atoms with van der Waals surface area (Å²) in [6, 6.07) is 16.9. The molecule has 1 N–H and O–H groups in total. The van der Waals surface area contributed by atoms with Gasteiger partial charge in [-0.3, -0.25) is 4.90 Å². The Morgan fingerprint density at radius 1 is 1.00 bits per heavy atom. The lowest BCUT2D eigenvalue weighted by Crippen LogP contribution is -2.46. The van der Waals surface area contributed by atoms with Crippen LogP contribution in [0, 0.1) is 6.92 Å². The van der Waals surface area contributed by atoms with E-state index in [9.17, 15) is 0 Å². The fourth-order valence-corrected chi connectivity index (χ4v) is 4.08. The lowest BCUT2D eigenvalue weighted by atomic mass is 10.1. The number of piperazine rings is 1. The molecule has 5 nitrogen and oxygen atoms in total. The van der Waals surface area contributed by atoms with E-state index in [0.29, 0.717) is 0 Å². The Kier molecular flexibility index (Phi) is 4.74. The predicted octanol–water partition coefficient (Wildman–Crippen LogP) is 4.25. The molecule has 3 heterocycles. The van der Waals surface area contributed by atoms with Crippen molar-refractivity contribution in [2.75, 3.05) is 37.6 Å². The molecule has 0 radical (unpaired) electrons. The number of hydrogen-bond donors (Lipinski definition) is 1. The van der Waals surface area contributed by atoms with E-state index in [4.69, 9.17) is 0 Å². The Balaban J connectivity index is 1.30. The van der Waals surface area contributed by atoms with Crippen LogP contribution in [0.15, 0.2) is 60.9 Å². The monoisotopic (exact) mass is 383 g/mol. The third kappa shape index (κ3) is 3.61. The molecule has 5 heteroatoms. The summed E-state index contributed by atoms with van der Waals surface area (Å²) in [6.45, 7) is 7.10. The number of H-pyrrole nitrogens is 1. The molecule has 29 heavy (non-hydrogen) atoms. The molecule has 146 valence electrons. The summed E-state index contributed by atoms with van der Waals surface area (Å²) in [6.07, 6.45) is 6.16. The second-order valence-electron chi connectivity index (χ2n) is 7.70. The summed E-state index contributed by atoms with van der Waals surface area (Å²) < 4.78 is 0. The molecule has 2 aromatic heterocycles. The minimum Gasteiger partial charge on any atom is -0.352 e. The summed E-state index contributed by atoms with van der Waals surface area (Å²) >= 11 is 0. The standard InChI is InChI=1S/C24H25N5/c1-18-9-10-21-20(16-18)22-23(27-21)24(26-17-25-22)29-14-12-28(13-15-29)11-5-8-19-6-3-2-4-7-19/h2-10,16-17,27H,11-15H2,1H3. The summed E-state index contributed by atoms with van der Waals surface area (Å²) in [5.74, 6) is 1.02. The van der Waals surface area contributed by atoms with E-state index in [1.807, 2.05) is 0 Å². The van der Waals surface area contributed by atoms with Crippen LogP contribution in [0.3, 0.4) is 0 Å². The molecule has 0 saturated carbocycles. The number of hydrogen-bond acceptors (Lipinski definition) is 4. The molecule has 0 amide bonds. The highest BCUT2D eigenvalue weighted by molar-refractivity contribution is 6.08. The van der Waals surface area contributed by atoms with Crippen molar-refractivity contribution in [3.63, 3.8) is 0 Å². The maximum atomic E-state index is 4.63. The minimum atomic E-state index is 0.972. The number of aryl methyl sites for hydroxylation is 1. The van der Waals surface area contributed by atoms with E-state index in [2.05, 4.69) is 92.4 Å². The van der Waals surface area contributed by atoms with Gasteiger partial charge in [-0.15, -0.1) is 0 Å². The molecule has 1 aliphatic heterocycles.